The van der Waals surface area contributed by atoms with Crippen LogP contribution in [0.15, 0.2) is 48.5 Å². The first-order chi connectivity index (χ1) is 10.1. The average molecular weight is 286 g/mol. The summed E-state index contributed by atoms with van der Waals surface area (Å²) in [4.78, 5) is 23.3. The third-order valence-corrected chi connectivity index (χ3v) is 3.18. The smallest absolute Gasteiger partial charge is 0.337 e. The van der Waals surface area contributed by atoms with E-state index in [-0.39, 0.29) is 17.6 Å². The second kappa shape index (κ2) is 6.79. The first-order valence-electron chi connectivity index (χ1n) is 6.56. The standard InChI is InChI=1S/C17H15FO3/c1-21-17(20)14-5-2-12(3-6-14)4-11-16(19)13-7-9-15(18)10-8-13/h2-3,5-10H,4,11H2,1H3. The summed E-state index contributed by atoms with van der Waals surface area (Å²) in [6, 6.07) is 12.5. The predicted octanol–water partition coefficient (Wildman–Crippen LogP) is 3.43. The summed E-state index contributed by atoms with van der Waals surface area (Å²) >= 11 is 0. The molecule has 4 heteroatoms. The van der Waals surface area contributed by atoms with Crippen LogP contribution in [0, 0.1) is 5.82 Å². The van der Waals surface area contributed by atoms with Crippen LogP contribution in [-0.2, 0) is 11.2 Å². The van der Waals surface area contributed by atoms with Crippen molar-refractivity contribution >= 4 is 11.8 Å². The first-order valence-corrected chi connectivity index (χ1v) is 6.56. The third kappa shape index (κ3) is 3.99. The highest BCUT2D eigenvalue weighted by molar-refractivity contribution is 5.96. The van der Waals surface area contributed by atoms with Crippen molar-refractivity contribution in [1.82, 2.24) is 0 Å². The Morgan fingerprint density at radius 1 is 0.952 bits per heavy atom. The van der Waals surface area contributed by atoms with E-state index in [2.05, 4.69) is 4.74 Å². The lowest BCUT2D eigenvalue weighted by Crippen LogP contribution is -2.03. The maximum Gasteiger partial charge on any atom is 0.337 e. The van der Waals surface area contributed by atoms with Gasteiger partial charge in [-0.05, 0) is 48.4 Å². The molecule has 3 nitrogen and oxygen atoms in total. The summed E-state index contributed by atoms with van der Waals surface area (Å²) < 4.78 is 17.4. The number of aryl methyl sites for hydroxylation is 1. The van der Waals surface area contributed by atoms with Gasteiger partial charge in [0.1, 0.15) is 5.82 Å². The monoisotopic (exact) mass is 286 g/mol. The Morgan fingerprint density at radius 3 is 2.10 bits per heavy atom. The van der Waals surface area contributed by atoms with Gasteiger partial charge >= 0.3 is 5.97 Å². The molecular formula is C17H15FO3. The second-order valence-corrected chi connectivity index (χ2v) is 4.62. The number of ketones is 1. The van der Waals surface area contributed by atoms with Crippen molar-refractivity contribution in [1.29, 1.82) is 0 Å². The van der Waals surface area contributed by atoms with Crippen LogP contribution in [0.2, 0.25) is 0 Å². The highest BCUT2D eigenvalue weighted by Crippen LogP contribution is 2.11. The Balaban J connectivity index is 1.95. The molecule has 0 unspecified atom stereocenters. The molecule has 0 heterocycles. The van der Waals surface area contributed by atoms with E-state index in [1.54, 1.807) is 24.3 Å². The van der Waals surface area contributed by atoms with Gasteiger partial charge in [0.15, 0.2) is 5.78 Å². The van der Waals surface area contributed by atoms with Crippen LogP contribution < -0.4 is 0 Å². The molecule has 0 saturated heterocycles. The molecule has 0 aliphatic carbocycles. The van der Waals surface area contributed by atoms with E-state index in [9.17, 15) is 14.0 Å². The summed E-state index contributed by atoms with van der Waals surface area (Å²) in [6.45, 7) is 0. The van der Waals surface area contributed by atoms with E-state index >= 15 is 0 Å². The maximum atomic E-state index is 12.8. The molecule has 108 valence electrons. The zero-order valence-corrected chi connectivity index (χ0v) is 11.6. The van der Waals surface area contributed by atoms with Crippen LogP contribution in [-0.4, -0.2) is 18.9 Å². The fourth-order valence-electron chi connectivity index (χ4n) is 1.96. The fraction of sp³-hybridized carbons (Fsp3) is 0.176. The minimum atomic E-state index is -0.385. The van der Waals surface area contributed by atoms with Gasteiger partial charge in [-0.15, -0.1) is 0 Å². The number of hydrogen-bond donors (Lipinski definition) is 0. The number of halogens is 1. The molecule has 0 saturated carbocycles. The lowest BCUT2D eigenvalue weighted by Gasteiger charge is -2.03. The van der Waals surface area contributed by atoms with Crippen LogP contribution in [0.1, 0.15) is 32.7 Å². The van der Waals surface area contributed by atoms with Gasteiger partial charge in [0.2, 0.25) is 0 Å². The van der Waals surface area contributed by atoms with E-state index in [0.29, 0.717) is 24.0 Å². The summed E-state index contributed by atoms with van der Waals surface area (Å²) in [5, 5.41) is 0. The molecule has 0 radical (unpaired) electrons. The topological polar surface area (TPSA) is 43.4 Å². The number of methoxy groups -OCH3 is 1. The highest BCUT2D eigenvalue weighted by Gasteiger charge is 2.08. The number of hydrogen-bond acceptors (Lipinski definition) is 3. The van der Waals surface area contributed by atoms with Gasteiger partial charge in [-0.3, -0.25) is 4.79 Å². The molecule has 21 heavy (non-hydrogen) atoms. The van der Waals surface area contributed by atoms with Gasteiger partial charge in [-0.25, -0.2) is 9.18 Å². The van der Waals surface area contributed by atoms with Crippen LogP contribution in [0.4, 0.5) is 4.39 Å². The van der Waals surface area contributed by atoms with Crippen LogP contribution in [0.5, 0.6) is 0 Å². The molecule has 0 fully saturated rings. The molecule has 0 atom stereocenters. The van der Waals surface area contributed by atoms with Crippen molar-refractivity contribution in [2.45, 2.75) is 12.8 Å². The molecule has 0 bridgehead atoms. The SMILES string of the molecule is COC(=O)c1ccc(CCC(=O)c2ccc(F)cc2)cc1. The number of esters is 1. The summed E-state index contributed by atoms with van der Waals surface area (Å²) in [7, 11) is 1.33. The summed E-state index contributed by atoms with van der Waals surface area (Å²) in [6.07, 6.45) is 0.904. The number of Topliss-reactive ketones (excluding diaryl/α,β-unsaturated/α-hetero) is 1. The number of carbonyl (C=O) groups is 2. The molecule has 0 spiro atoms. The minimum absolute atomic E-state index is 0.0351. The molecule has 0 amide bonds. The Kier molecular flexibility index (Phi) is 4.82. The van der Waals surface area contributed by atoms with Gasteiger partial charge < -0.3 is 4.74 Å². The molecule has 0 N–H and O–H groups in total. The molecule has 2 rings (SSSR count). The van der Waals surface area contributed by atoms with Gasteiger partial charge in [-0.2, -0.15) is 0 Å². The maximum absolute atomic E-state index is 12.8. The minimum Gasteiger partial charge on any atom is -0.465 e. The Morgan fingerprint density at radius 2 is 1.52 bits per heavy atom. The normalized spacial score (nSPS) is 10.2. The summed E-state index contributed by atoms with van der Waals surface area (Å²) in [5.41, 5.74) is 1.94. The second-order valence-electron chi connectivity index (χ2n) is 4.62. The van der Waals surface area contributed by atoms with Gasteiger partial charge in [0, 0.05) is 12.0 Å². The van der Waals surface area contributed by atoms with Crippen LogP contribution >= 0.6 is 0 Å². The van der Waals surface area contributed by atoms with E-state index in [4.69, 9.17) is 0 Å². The Labute approximate surface area is 122 Å². The molecule has 2 aromatic rings. The van der Waals surface area contributed by atoms with Gasteiger partial charge in [0.25, 0.3) is 0 Å². The molecular weight excluding hydrogens is 271 g/mol. The fourth-order valence-corrected chi connectivity index (χ4v) is 1.96. The van der Waals surface area contributed by atoms with Crippen LogP contribution in [0.3, 0.4) is 0 Å². The zero-order chi connectivity index (χ0) is 15.2. The molecule has 0 aromatic heterocycles. The number of ether oxygens (including phenoxy) is 1. The van der Waals surface area contributed by atoms with E-state index < -0.39 is 0 Å². The van der Waals surface area contributed by atoms with Crippen molar-refractivity contribution in [3.63, 3.8) is 0 Å². The summed E-state index contributed by atoms with van der Waals surface area (Å²) in [5.74, 6) is -0.777. The van der Waals surface area contributed by atoms with Crippen molar-refractivity contribution in [2.24, 2.45) is 0 Å². The van der Waals surface area contributed by atoms with Gasteiger partial charge in [0.05, 0.1) is 12.7 Å². The van der Waals surface area contributed by atoms with Crippen molar-refractivity contribution < 1.29 is 18.7 Å². The van der Waals surface area contributed by atoms with Gasteiger partial charge in [-0.1, -0.05) is 12.1 Å². The van der Waals surface area contributed by atoms with Crippen molar-refractivity contribution in [2.75, 3.05) is 7.11 Å². The lowest BCUT2D eigenvalue weighted by atomic mass is 10.0. The molecule has 2 aromatic carbocycles. The first kappa shape index (κ1) is 14.9. The van der Waals surface area contributed by atoms with Crippen molar-refractivity contribution in [3.05, 3.63) is 71.0 Å². The van der Waals surface area contributed by atoms with E-state index in [0.717, 1.165) is 5.56 Å². The van der Waals surface area contributed by atoms with E-state index in [1.165, 1.54) is 31.4 Å². The predicted molar refractivity (Wildman–Crippen MR) is 76.8 cm³/mol. The highest BCUT2D eigenvalue weighted by atomic mass is 19.1. The van der Waals surface area contributed by atoms with Crippen LogP contribution in [0.25, 0.3) is 0 Å². The van der Waals surface area contributed by atoms with E-state index in [1.807, 2.05) is 0 Å². The molecule has 0 aliphatic heterocycles. The van der Waals surface area contributed by atoms with Crippen molar-refractivity contribution in [3.8, 4) is 0 Å². The Hall–Kier alpha value is -2.49. The lowest BCUT2D eigenvalue weighted by molar-refractivity contribution is 0.0600. The quantitative estimate of drug-likeness (QED) is 0.624. The Bertz CT molecular complexity index is 630. The molecule has 0 aliphatic rings. The zero-order valence-electron chi connectivity index (χ0n) is 11.6. The number of benzene rings is 2. The average Bonchev–Trinajstić information content (AvgIpc) is 2.53. The number of rotatable bonds is 5. The third-order valence-electron chi connectivity index (χ3n) is 3.18. The largest absolute Gasteiger partial charge is 0.465 e. The number of carbonyl (C=O) groups excluding carboxylic acids is 2.